The Kier molecular flexibility index (Phi) is 8.67. The summed E-state index contributed by atoms with van der Waals surface area (Å²) in [4.78, 5) is 2.59. The minimum Gasteiger partial charge on any atom is -0.382 e. The highest BCUT2D eigenvalue weighted by Crippen LogP contribution is 2.14. The lowest BCUT2D eigenvalue weighted by atomic mass is 10.1. The summed E-state index contributed by atoms with van der Waals surface area (Å²) in [5.74, 6) is 0. The van der Waals surface area contributed by atoms with Crippen molar-refractivity contribution >= 4 is 0 Å². The van der Waals surface area contributed by atoms with Crippen LogP contribution in [-0.4, -0.2) is 51.0 Å². The molecule has 0 amide bonds. The van der Waals surface area contributed by atoms with Gasteiger partial charge in [-0.25, -0.2) is 0 Å². The molecule has 0 saturated carbocycles. The van der Waals surface area contributed by atoms with Gasteiger partial charge in [-0.15, -0.1) is 0 Å². The number of rotatable bonds is 9. The summed E-state index contributed by atoms with van der Waals surface area (Å²) in [6.45, 7) is 7.44. The Labute approximate surface area is 106 Å². The van der Waals surface area contributed by atoms with E-state index in [1.165, 1.54) is 58.2 Å². The summed E-state index contributed by atoms with van der Waals surface area (Å²) in [5.41, 5.74) is 0. The summed E-state index contributed by atoms with van der Waals surface area (Å²) >= 11 is 0. The van der Waals surface area contributed by atoms with Crippen LogP contribution in [0.15, 0.2) is 0 Å². The van der Waals surface area contributed by atoms with Crippen LogP contribution in [-0.2, 0) is 9.47 Å². The molecule has 102 valence electrons. The number of methoxy groups -OCH3 is 1. The molecule has 0 radical (unpaired) electrons. The van der Waals surface area contributed by atoms with Crippen LogP contribution in [0.25, 0.3) is 0 Å². The highest BCUT2D eigenvalue weighted by Gasteiger charge is 2.18. The van der Waals surface area contributed by atoms with Crippen molar-refractivity contribution in [1.82, 2.24) is 4.90 Å². The van der Waals surface area contributed by atoms with Crippen molar-refractivity contribution < 1.29 is 9.47 Å². The Morgan fingerprint density at radius 3 is 2.47 bits per heavy atom. The highest BCUT2D eigenvalue weighted by atomic mass is 16.5. The minimum atomic E-state index is 0.469. The zero-order valence-electron chi connectivity index (χ0n) is 11.6. The average molecular weight is 243 g/mol. The minimum absolute atomic E-state index is 0.469. The van der Waals surface area contributed by atoms with Crippen LogP contribution in [0.2, 0.25) is 0 Å². The molecule has 1 fully saturated rings. The van der Waals surface area contributed by atoms with Crippen LogP contribution < -0.4 is 0 Å². The van der Waals surface area contributed by atoms with Crippen molar-refractivity contribution in [2.24, 2.45) is 0 Å². The third-order valence-electron chi connectivity index (χ3n) is 3.50. The average Bonchev–Trinajstić information content (AvgIpc) is 2.37. The predicted octanol–water partition coefficient (Wildman–Crippen LogP) is 2.69. The molecule has 1 aliphatic heterocycles. The molecule has 0 aromatic heterocycles. The maximum absolute atomic E-state index is 5.76. The second-order valence-electron chi connectivity index (χ2n) is 4.97. The van der Waals surface area contributed by atoms with Gasteiger partial charge in [-0.1, -0.05) is 26.2 Å². The van der Waals surface area contributed by atoms with Crippen LogP contribution in [0.3, 0.4) is 0 Å². The summed E-state index contributed by atoms with van der Waals surface area (Å²) in [6, 6.07) is 0. The number of nitrogens with zero attached hydrogens (tertiary/aromatic N) is 1. The van der Waals surface area contributed by atoms with Gasteiger partial charge in [0.25, 0.3) is 0 Å². The van der Waals surface area contributed by atoms with E-state index in [-0.39, 0.29) is 0 Å². The van der Waals surface area contributed by atoms with Gasteiger partial charge in [0, 0.05) is 20.2 Å². The van der Waals surface area contributed by atoms with Crippen molar-refractivity contribution in [1.29, 1.82) is 0 Å². The molecule has 0 atom stereocenters. The smallest absolute Gasteiger partial charge is 0.0704 e. The van der Waals surface area contributed by atoms with E-state index in [1.807, 2.05) is 0 Å². The normalized spacial score (nSPS) is 18.7. The third-order valence-corrected chi connectivity index (χ3v) is 3.50. The molecule has 0 unspecified atom stereocenters. The molecule has 0 aromatic carbocycles. The topological polar surface area (TPSA) is 21.7 Å². The number of likely N-dealkylation sites (tertiary alicyclic amines) is 1. The second kappa shape index (κ2) is 9.86. The summed E-state index contributed by atoms with van der Waals surface area (Å²) < 4.78 is 10.8. The number of hydrogen-bond donors (Lipinski definition) is 0. The third kappa shape index (κ3) is 7.02. The van der Waals surface area contributed by atoms with Crippen LogP contribution >= 0.6 is 0 Å². The molecule has 0 aliphatic carbocycles. The fraction of sp³-hybridized carbons (Fsp3) is 1.00. The SMILES string of the molecule is CCCCCCN1CCC(OCCOC)CC1. The fourth-order valence-electron chi connectivity index (χ4n) is 2.36. The van der Waals surface area contributed by atoms with Gasteiger partial charge in [-0.3, -0.25) is 0 Å². The lowest BCUT2D eigenvalue weighted by Crippen LogP contribution is -2.37. The van der Waals surface area contributed by atoms with Gasteiger partial charge in [0.05, 0.1) is 19.3 Å². The van der Waals surface area contributed by atoms with Gasteiger partial charge in [0.15, 0.2) is 0 Å². The maximum atomic E-state index is 5.76. The first-order valence-electron chi connectivity index (χ1n) is 7.19. The molecule has 0 spiro atoms. The van der Waals surface area contributed by atoms with Gasteiger partial charge in [-0.05, 0) is 25.8 Å². The molecule has 0 N–H and O–H groups in total. The van der Waals surface area contributed by atoms with Crippen molar-refractivity contribution in [3.8, 4) is 0 Å². The van der Waals surface area contributed by atoms with Crippen LogP contribution in [0, 0.1) is 0 Å². The first-order chi connectivity index (χ1) is 8.36. The quantitative estimate of drug-likeness (QED) is 0.581. The van der Waals surface area contributed by atoms with E-state index in [1.54, 1.807) is 7.11 Å². The Bertz CT molecular complexity index is 168. The standard InChI is InChI=1S/C14H29NO2/c1-3-4-5-6-9-15-10-7-14(8-11-15)17-13-12-16-2/h14H,3-13H2,1-2H3. The molecule has 0 bridgehead atoms. The number of unbranched alkanes of at least 4 members (excludes halogenated alkanes) is 3. The van der Waals surface area contributed by atoms with E-state index in [0.29, 0.717) is 6.10 Å². The number of hydrogen-bond acceptors (Lipinski definition) is 3. The molecule has 3 nitrogen and oxygen atoms in total. The first-order valence-corrected chi connectivity index (χ1v) is 7.19. The molecule has 1 aliphatic rings. The number of ether oxygens (including phenoxy) is 2. The molecule has 1 saturated heterocycles. The summed E-state index contributed by atoms with van der Waals surface area (Å²) in [6.07, 6.45) is 8.32. The van der Waals surface area contributed by atoms with E-state index in [9.17, 15) is 0 Å². The Morgan fingerprint density at radius 2 is 1.82 bits per heavy atom. The van der Waals surface area contributed by atoms with E-state index in [2.05, 4.69) is 11.8 Å². The Balaban J connectivity index is 1.97. The van der Waals surface area contributed by atoms with Crippen molar-refractivity contribution in [3.63, 3.8) is 0 Å². The Hall–Kier alpha value is -0.120. The second-order valence-corrected chi connectivity index (χ2v) is 4.97. The zero-order valence-corrected chi connectivity index (χ0v) is 11.6. The fourth-order valence-corrected chi connectivity index (χ4v) is 2.36. The maximum Gasteiger partial charge on any atom is 0.0704 e. The van der Waals surface area contributed by atoms with Gasteiger partial charge in [0.2, 0.25) is 0 Å². The summed E-state index contributed by atoms with van der Waals surface area (Å²) in [7, 11) is 1.72. The van der Waals surface area contributed by atoms with E-state index >= 15 is 0 Å². The van der Waals surface area contributed by atoms with Gasteiger partial charge in [-0.2, -0.15) is 0 Å². The first kappa shape index (κ1) is 14.9. The van der Waals surface area contributed by atoms with Crippen molar-refractivity contribution in [2.45, 2.75) is 51.6 Å². The van der Waals surface area contributed by atoms with E-state index in [0.717, 1.165) is 13.2 Å². The molecule has 1 heterocycles. The lowest BCUT2D eigenvalue weighted by Gasteiger charge is -2.31. The zero-order chi connectivity index (χ0) is 12.3. The van der Waals surface area contributed by atoms with Crippen LogP contribution in [0.1, 0.15) is 45.4 Å². The van der Waals surface area contributed by atoms with Gasteiger partial charge in [0.1, 0.15) is 0 Å². The largest absolute Gasteiger partial charge is 0.382 e. The van der Waals surface area contributed by atoms with E-state index < -0.39 is 0 Å². The monoisotopic (exact) mass is 243 g/mol. The highest BCUT2D eigenvalue weighted by molar-refractivity contribution is 4.72. The predicted molar refractivity (Wildman–Crippen MR) is 71.4 cm³/mol. The molecule has 3 heteroatoms. The van der Waals surface area contributed by atoms with E-state index in [4.69, 9.17) is 9.47 Å². The molecular weight excluding hydrogens is 214 g/mol. The molecular formula is C14H29NO2. The van der Waals surface area contributed by atoms with Crippen molar-refractivity contribution in [3.05, 3.63) is 0 Å². The van der Waals surface area contributed by atoms with Crippen LogP contribution in [0.4, 0.5) is 0 Å². The summed E-state index contributed by atoms with van der Waals surface area (Å²) in [5, 5.41) is 0. The van der Waals surface area contributed by atoms with Crippen LogP contribution in [0.5, 0.6) is 0 Å². The molecule has 0 aromatic rings. The van der Waals surface area contributed by atoms with Crippen molar-refractivity contribution in [2.75, 3.05) is 40.0 Å². The van der Waals surface area contributed by atoms with Gasteiger partial charge < -0.3 is 14.4 Å². The molecule has 17 heavy (non-hydrogen) atoms. The Morgan fingerprint density at radius 1 is 1.06 bits per heavy atom. The van der Waals surface area contributed by atoms with Gasteiger partial charge >= 0.3 is 0 Å². The molecule has 1 rings (SSSR count). The lowest BCUT2D eigenvalue weighted by molar-refractivity contribution is -0.0147. The number of piperidine rings is 1.